The van der Waals surface area contributed by atoms with Gasteiger partial charge in [-0.05, 0) is 37.5 Å². The van der Waals surface area contributed by atoms with Gasteiger partial charge in [-0.3, -0.25) is 14.9 Å². The Morgan fingerprint density at radius 2 is 2.20 bits per heavy atom. The molecule has 1 aromatic carbocycles. The van der Waals surface area contributed by atoms with Crippen molar-refractivity contribution < 1.29 is 9.72 Å². The molecule has 1 rings (SSSR count). The van der Waals surface area contributed by atoms with Gasteiger partial charge in [-0.15, -0.1) is 0 Å². The number of nitro groups is 1. The summed E-state index contributed by atoms with van der Waals surface area (Å²) in [5, 5.41) is 16.7. The van der Waals surface area contributed by atoms with Crippen LogP contribution in [0, 0.1) is 10.1 Å². The lowest BCUT2D eigenvalue weighted by Crippen LogP contribution is -2.24. The minimum atomic E-state index is -0.484. The minimum Gasteiger partial charge on any atom is -0.380 e. The van der Waals surface area contributed by atoms with Crippen LogP contribution in [0.3, 0.4) is 0 Å². The summed E-state index contributed by atoms with van der Waals surface area (Å²) in [7, 11) is 0. The molecule has 0 aliphatic heterocycles. The maximum absolute atomic E-state index is 11.9. The topological polar surface area (TPSA) is 84.3 Å². The predicted octanol–water partition coefficient (Wildman–Crippen LogP) is 2.51. The van der Waals surface area contributed by atoms with E-state index in [2.05, 4.69) is 10.6 Å². The number of hydrogen-bond donors (Lipinski definition) is 2. The van der Waals surface area contributed by atoms with Gasteiger partial charge in [-0.2, -0.15) is 11.8 Å². The van der Waals surface area contributed by atoms with Crippen LogP contribution in [0.4, 0.5) is 11.4 Å². The van der Waals surface area contributed by atoms with Crippen LogP contribution in [0.5, 0.6) is 0 Å². The molecule has 0 saturated heterocycles. The van der Waals surface area contributed by atoms with Crippen LogP contribution in [-0.2, 0) is 0 Å². The Morgan fingerprint density at radius 3 is 2.80 bits per heavy atom. The predicted molar refractivity (Wildman–Crippen MR) is 82.6 cm³/mol. The van der Waals surface area contributed by atoms with Gasteiger partial charge >= 0.3 is 0 Å². The number of thioether (sulfide) groups is 1. The minimum absolute atomic E-state index is 0.0800. The Labute approximate surface area is 122 Å². The maximum Gasteiger partial charge on any atom is 0.293 e. The van der Waals surface area contributed by atoms with E-state index in [0.717, 1.165) is 12.2 Å². The van der Waals surface area contributed by atoms with Gasteiger partial charge in [0.05, 0.1) is 4.92 Å². The molecule has 2 N–H and O–H groups in total. The average molecular weight is 297 g/mol. The highest BCUT2D eigenvalue weighted by atomic mass is 32.2. The van der Waals surface area contributed by atoms with Gasteiger partial charge in [0.25, 0.3) is 11.6 Å². The van der Waals surface area contributed by atoms with Gasteiger partial charge in [0.2, 0.25) is 0 Å². The van der Waals surface area contributed by atoms with Gasteiger partial charge in [-0.25, -0.2) is 0 Å². The fraction of sp³-hybridized carbons (Fsp3) is 0.462. The van der Waals surface area contributed by atoms with Crippen LogP contribution in [0.2, 0.25) is 0 Å². The first-order valence-electron chi connectivity index (χ1n) is 6.39. The van der Waals surface area contributed by atoms with E-state index >= 15 is 0 Å². The van der Waals surface area contributed by atoms with Crippen molar-refractivity contribution in [2.75, 3.05) is 30.4 Å². The molecule has 6 nitrogen and oxygen atoms in total. The Bertz CT molecular complexity index is 480. The smallest absolute Gasteiger partial charge is 0.293 e. The number of nitrogens with zero attached hydrogens (tertiary/aromatic N) is 1. The highest BCUT2D eigenvalue weighted by molar-refractivity contribution is 7.98. The summed E-state index contributed by atoms with van der Waals surface area (Å²) in [6.07, 6.45) is 2.88. The standard InChI is InChI=1S/C13H19N3O3S/c1-3-14-11-6-5-10(9-12(11)16(18)19)13(17)15-7-4-8-20-2/h5-6,9,14H,3-4,7-8H2,1-2H3,(H,15,17). The average Bonchev–Trinajstić information content (AvgIpc) is 2.44. The number of hydrogen-bond acceptors (Lipinski definition) is 5. The number of nitro benzene ring substituents is 1. The zero-order valence-corrected chi connectivity index (χ0v) is 12.5. The molecule has 0 spiro atoms. The van der Waals surface area contributed by atoms with E-state index in [-0.39, 0.29) is 11.6 Å². The summed E-state index contributed by atoms with van der Waals surface area (Å²) in [5.74, 6) is 0.692. The Balaban J connectivity index is 2.78. The van der Waals surface area contributed by atoms with E-state index < -0.39 is 4.92 Å². The molecule has 0 aliphatic rings. The van der Waals surface area contributed by atoms with Gasteiger partial charge < -0.3 is 10.6 Å². The van der Waals surface area contributed by atoms with Crippen molar-refractivity contribution in [2.24, 2.45) is 0 Å². The number of anilines is 1. The lowest BCUT2D eigenvalue weighted by molar-refractivity contribution is -0.384. The van der Waals surface area contributed by atoms with E-state index in [4.69, 9.17) is 0 Å². The molecule has 0 unspecified atom stereocenters. The fourth-order valence-corrected chi connectivity index (χ4v) is 2.12. The molecule has 0 aromatic heterocycles. The molecular weight excluding hydrogens is 278 g/mol. The van der Waals surface area contributed by atoms with Crippen molar-refractivity contribution in [1.29, 1.82) is 0 Å². The van der Waals surface area contributed by atoms with Gasteiger partial charge in [0.15, 0.2) is 0 Å². The Morgan fingerprint density at radius 1 is 1.45 bits per heavy atom. The number of carbonyl (C=O) groups is 1. The SMILES string of the molecule is CCNc1ccc(C(=O)NCCCSC)cc1[N+](=O)[O-]. The molecule has 0 bridgehead atoms. The van der Waals surface area contributed by atoms with Gasteiger partial charge in [-0.1, -0.05) is 0 Å². The molecule has 1 amide bonds. The molecule has 0 aliphatic carbocycles. The third-order valence-electron chi connectivity index (χ3n) is 2.63. The molecule has 0 heterocycles. The van der Waals surface area contributed by atoms with Crippen molar-refractivity contribution in [3.8, 4) is 0 Å². The fourth-order valence-electron chi connectivity index (χ4n) is 1.68. The van der Waals surface area contributed by atoms with Gasteiger partial charge in [0.1, 0.15) is 5.69 Å². The van der Waals surface area contributed by atoms with Crippen LogP contribution >= 0.6 is 11.8 Å². The quantitative estimate of drug-likeness (QED) is 0.437. The first-order valence-corrected chi connectivity index (χ1v) is 7.79. The molecule has 0 fully saturated rings. The van der Waals surface area contributed by atoms with E-state index in [1.807, 2.05) is 13.2 Å². The van der Waals surface area contributed by atoms with Crippen LogP contribution in [0.1, 0.15) is 23.7 Å². The Kier molecular flexibility index (Phi) is 6.86. The van der Waals surface area contributed by atoms with Crippen molar-refractivity contribution in [1.82, 2.24) is 5.32 Å². The second-order valence-corrected chi connectivity index (χ2v) is 5.11. The second-order valence-electron chi connectivity index (χ2n) is 4.12. The molecule has 20 heavy (non-hydrogen) atoms. The van der Waals surface area contributed by atoms with E-state index in [0.29, 0.717) is 24.3 Å². The van der Waals surface area contributed by atoms with Crippen molar-refractivity contribution in [3.63, 3.8) is 0 Å². The van der Waals surface area contributed by atoms with Gasteiger partial charge in [0, 0.05) is 24.7 Å². The summed E-state index contributed by atoms with van der Waals surface area (Å²) in [4.78, 5) is 22.4. The van der Waals surface area contributed by atoms with Crippen LogP contribution in [0.25, 0.3) is 0 Å². The molecule has 1 aromatic rings. The molecule has 0 radical (unpaired) electrons. The molecule has 110 valence electrons. The van der Waals surface area contributed by atoms with Crippen LogP contribution in [0.15, 0.2) is 18.2 Å². The van der Waals surface area contributed by atoms with Crippen molar-refractivity contribution in [2.45, 2.75) is 13.3 Å². The lowest BCUT2D eigenvalue weighted by Gasteiger charge is -2.07. The van der Waals surface area contributed by atoms with E-state index in [9.17, 15) is 14.9 Å². The lowest BCUT2D eigenvalue weighted by atomic mass is 10.1. The van der Waals surface area contributed by atoms with E-state index in [1.54, 1.807) is 23.9 Å². The highest BCUT2D eigenvalue weighted by Crippen LogP contribution is 2.25. The van der Waals surface area contributed by atoms with Crippen molar-refractivity contribution >= 4 is 29.0 Å². The summed E-state index contributed by atoms with van der Waals surface area (Å²) in [6, 6.07) is 4.47. The number of amides is 1. The summed E-state index contributed by atoms with van der Waals surface area (Å²) >= 11 is 1.71. The molecule has 7 heteroatoms. The maximum atomic E-state index is 11.9. The largest absolute Gasteiger partial charge is 0.380 e. The number of benzene rings is 1. The number of nitrogens with one attached hydrogen (secondary N) is 2. The number of carbonyl (C=O) groups excluding carboxylic acids is 1. The monoisotopic (exact) mass is 297 g/mol. The highest BCUT2D eigenvalue weighted by Gasteiger charge is 2.16. The zero-order valence-electron chi connectivity index (χ0n) is 11.6. The Hall–Kier alpha value is -1.76. The third-order valence-corrected chi connectivity index (χ3v) is 3.33. The van der Waals surface area contributed by atoms with E-state index in [1.165, 1.54) is 6.07 Å². The van der Waals surface area contributed by atoms with Crippen molar-refractivity contribution in [3.05, 3.63) is 33.9 Å². The first kappa shape index (κ1) is 16.3. The molecule has 0 saturated carbocycles. The third kappa shape index (κ3) is 4.73. The van der Waals surface area contributed by atoms with Crippen LogP contribution in [-0.4, -0.2) is 35.9 Å². The molecular formula is C13H19N3O3S. The summed E-state index contributed by atoms with van der Waals surface area (Å²) in [5.41, 5.74) is 0.655. The van der Waals surface area contributed by atoms with Crippen LogP contribution < -0.4 is 10.6 Å². The molecule has 0 atom stereocenters. The number of rotatable bonds is 8. The second kappa shape index (κ2) is 8.42. The first-order chi connectivity index (χ1) is 9.60. The summed E-state index contributed by atoms with van der Waals surface area (Å²) < 4.78 is 0. The normalized spacial score (nSPS) is 10.1. The summed E-state index contributed by atoms with van der Waals surface area (Å²) in [6.45, 7) is 3.01. The zero-order chi connectivity index (χ0) is 15.0.